The molecule has 0 aliphatic carbocycles. The maximum atomic E-state index is 13.2. The molecule has 0 spiro atoms. The number of esters is 2. The van der Waals surface area contributed by atoms with Gasteiger partial charge in [-0.05, 0) is 53.7 Å². The van der Waals surface area contributed by atoms with Crippen molar-refractivity contribution in [3.05, 3.63) is 30.3 Å². The Morgan fingerprint density at radius 2 is 1.38 bits per heavy atom. The molecule has 192 valence electrons. The standard InChI is InChI=1S/C24H36I2N2O6/c1-23(2,3)33-20(29)18(27-22(31)32-17-10-8-7-9-11-17)16-19(21(30)34-24(4,5)6)28(14-12-25)15-13-26/h7-11,18-19H,12-16H2,1-6H3,(H,27,31)/t18-,19?/m0/s1. The van der Waals surface area contributed by atoms with Gasteiger partial charge >= 0.3 is 18.0 Å². The van der Waals surface area contributed by atoms with E-state index in [2.05, 4.69) is 50.5 Å². The molecule has 10 heteroatoms. The lowest BCUT2D eigenvalue weighted by atomic mass is 10.0. The number of nitrogens with zero attached hydrogens (tertiary/aromatic N) is 1. The van der Waals surface area contributed by atoms with Gasteiger partial charge in [0.2, 0.25) is 0 Å². The lowest BCUT2D eigenvalue weighted by molar-refractivity contribution is -0.163. The van der Waals surface area contributed by atoms with Gasteiger partial charge in [-0.15, -0.1) is 0 Å². The molecule has 8 nitrogen and oxygen atoms in total. The molecule has 0 bridgehead atoms. The number of carbonyl (C=O) groups is 3. The summed E-state index contributed by atoms with van der Waals surface area (Å²) in [7, 11) is 0. The molecule has 1 rings (SSSR count). The van der Waals surface area contributed by atoms with Crippen molar-refractivity contribution in [3.63, 3.8) is 0 Å². The van der Waals surface area contributed by atoms with Gasteiger partial charge in [0.1, 0.15) is 29.0 Å². The Morgan fingerprint density at radius 3 is 1.85 bits per heavy atom. The lowest BCUT2D eigenvalue weighted by Crippen LogP contribution is -2.53. The molecule has 0 aliphatic rings. The Morgan fingerprint density at radius 1 is 0.882 bits per heavy atom. The Kier molecular flexibility index (Phi) is 13.1. The zero-order valence-electron chi connectivity index (χ0n) is 20.7. The molecule has 2 atom stereocenters. The molecule has 0 radical (unpaired) electrons. The van der Waals surface area contributed by atoms with Gasteiger partial charge in [0.25, 0.3) is 0 Å². The first-order valence-corrected chi connectivity index (χ1v) is 14.2. The van der Waals surface area contributed by atoms with E-state index < -0.39 is 41.3 Å². The van der Waals surface area contributed by atoms with Crippen LogP contribution in [0.4, 0.5) is 4.79 Å². The zero-order valence-corrected chi connectivity index (χ0v) is 25.0. The number of amides is 1. The Hall–Kier alpha value is -1.15. The van der Waals surface area contributed by atoms with Crippen LogP contribution in [0.15, 0.2) is 30.3 Å². The van der Waals surface area contributed by atoms with Crippen LogP contribution >= 0.6 is 45.2 Å². The van der Waals surface area contributed by atoms with E-state index in [1.54, 1.807) is 71.9 Å². The molecule has 0 heterocycles. The molecular formula is C24H36I2N2O6. The fraction of sp³-hybridized carbons (Fsp3) is 0.625. The first-order chi connectivity index (χ1) is 15.8. The van der Waals surface area contributed by atoms with Gasteiger partial charge in [-0.25, -0.2) is 9.59 Å². The van der Waals surface area contributed by atoms with Crippen molar-refractivity contribution in [2.45, 2.75) is 71.2 Å². The highest BCUT2D eigenvalue weighted by Crippen LogP contribution is 2.19. The summed E-state index contributed by atoms with van der Waals surface area (Å²) < 4.78 is 18.1. The number of alkyl halides is 2. The molecule has 1 aromatic rings. The molecule has 1 aromatic carbocycles. The molecule has 0 saturated heterocycles. The van der Waals surface area contributed by atoms with Gasteiger partial charge in [-0.3, -0.25) is 9.69 Å². The third-order valence-electron chi connectivity index (χ3n) is 4.26. The van der Waals surface area contributed by atoms with Gasteiger partial charge in [-0.1, -0.05) is 63.4 Å². The van der Waals surface area contributed by atoms with E-state index >= 15 is 0 Å². The quantitative estimate of drug-likeness (QED) is 0.202. The van der Waals surface area contributed by atoms with E-state index in [-0.39, 0.29) is 6.42 Å². The van der Waals surface area contributed by atoms with Crippen molar-refractivity contribution in [3.8, 4) is 5.75 Å². The topological polar surface area (TPSA) is 94.2 Å². The number of nitrogens with one attached hydrogen (secondary N) is 1. The van der Waals surface area contributed by atoms with Crippen molar-refractivity contribution in [1.82, 2.24) is 10.2 Å². The first kappa shape index (κ1) is 30.9. The number of halogens is 2. The molecule has 0 saturated carbocycles. The smallest absolute Gasteiger partial charge is 0.413 e. The number of ether oxygens (including phenoxy) is 3. The maximum absolute atomic E-state index is 13.2. The summed E-state index contributed by atoms with van der Waals surface area (Å²) in [4.78, 5) is 40.9. The van der Waals surface area contributed by atoms with Crippen LogP contribution in [0.25, 0.3) is 0 Å². The van der Waals surface area contributed by atoms with Crippen molar-refractivity contribution in [2.24, 2.45) is 0 Å². The summed E-state index contributed by atoms with van der Waals surface area (Å²) in [6, 6.07) is 6.67. The average molecular weight is 702 g/mol. The van der Waals surface area contributed by atoms with E-state index in [4.69, 9.17) is 14.2 Å². The van der Waals surface area contributed by atoms with E-state index in [0.717, 1.165) is 8.86 Å². The number of rotatable bonds is 11. The van der Waals surface area contributed by atoms with Gasteiger partial charge in [0.15, 0.2) is 0 Å². The third kappa shape index (κ3) is 12.5. The molecule has 34 heavy (non-hydrogen) atoms. The van der Waals surface area contributed by atoms with Crippen LogP contribution in [0, 0.1) is 0 Å². The number of carbonyl (C=O) groups excluding carboxylic acids is 3. The van der Waals surface area contributed by atoms with Crippen LogP contribution in [0.2, 0.25) is 0 Å². The van der Waals surface area contributed by atoms with Crippen LogP contribution in [0.5, 0.6) is 5.75 Å². The monoisotopic (exact) mass is 702 g/mol. The van der Waals surface area contributed by atoms with E-state index in [1.807, 2.05) is 4.90 Å². The van der Waals surface area contributed by atoms with Crippen LogP contribution < -0.4 is 10.1 Å². The van der Waals surface area contributed by atoms with Crippen molar-refractivity contribution >= 4 is 63.2 Å². The number of hydrogen-bond donors (Lipinski definition) is 1. The molecule has 0 aromatic heterocycles. The highest BCUT2D eigenvalue weighted by atomic mass is 127. The van der Waals surface area contributed by atoms with Crippen molar-refractivity contribution in [1.29, 1.82) is 0 Å². The summed E-state index contributed by atoms with van der Waals surface area (Å²) in [5.41, 5.74) is -1.47. The Bertz CT molecular complexity index is 787. The van der Waals surface area contributed by atoms with Gasteiger partial charge in [-0.2, -0.15) is 0 Å². The molecule has 1 N–H and O–H groups in total. The maximum Gasteiger partial charge on any atom is 0.413 e. The fourth-order valence-corrected chi connectivity index (χ4v) is 4.22. The minimum atomic E-state index is -1.11. The molecule has 1 unspecified atom stereocenters. The zero-order chi connectivity index (χ0) is 25.9. The predicted octanol–water partition coefficient (Wildman–Crippen LogP) is 4.76. The normalized spacial score (nSPS) is 13.7. The van der Waals surface area contributed by atoms with Gasteiger partial charge in [0, 0.05) is 28.4 Å². The summed E-state index contributed by atoms with van der Waals surface area (Å²) in [6.07, 6.45) is -0.819. The summed E-state index contributed by atoms with van der Waals surface area (Å²) >= 11 is 4.49. The molecule has 1 amide bonds. The van der Waals surface area contributed by atoms with Crippen LogP contribution in [0.3, 0.4) is 0 Å². The highest BCUT2D eigenvalue weighted by Gasteiger charge is 2.37. The van der Waals surface area contributed by atoms with Crippen molar-refractivity contribution < 1.29 is 28.6 Å². The van der Waals surface area contributed by atoms with E-state index in [9.17, 15) is 14.4 Å². The first-order valence-electron chi connectivity index (χ1n) is 11.1. The van der Waals surface area contributed by atoms with E-state index in [1.165, 1.54) is 0 Å². The number of hydrogen-bond acceptors (Lipinski definition) is 7. The fourth-order valence-electron chi connectivity index (χ4n) is 2.98. The molecule has 0 aliphatic heterocycles. The SMILES string of the molecule is CC(C)(C)OC(=O)C(C[C@H](NC(=O)Oc1ccccc1)C(=O)OC(C)(C)C)N(CCI)CCI. The third-order valence-corrected chi connectivity index (χ3v) is 5.22. The molecular weight excluding hydrogens is 666 g/mol. The number of para-hydroxylation sites is 1. The summed E-state index contributed by atoms with van der Waals surface area (Å²) in [5.74, 6) is -0.757. The van der Waals surface area contributed by atoms with Gasteiger partial charge in [0.05, 0.1) is 0 Å². The van der Waals surface area contributed by atoms with Crippen LogP contribution in [-0.4, -0.2) is 68.2 Å². The van der Waals surface area contributed by atoms with Crippen molar-refractivity contribution in [2.75, 3.05) is 21.9 Å². The Labute approximate surface area is 230 Å². The largest absolute Gasteiger partial charge is 0.459 e. The minimum Gasteiger partial charge on any atom is -0.459 e. The summed E-state index contributed by atoms with van der Waals surface area (Å²) in [6.45, 7) is 11.9. The second-order valence-electron chi connectivity index (χ2n) is 9.63. The molecule has 0 fully saturated rings. The van der Waals surface area contributed by atoms with Crippen LogP contribution in [0.1, 0.15) is 48.0 Å². The summed E-state index contributed by atoms with van der Waals surface area (Å²) in [5, 5.41) is 2.60. The van der Waals surface area contributed by atoms with E-state index in [0.29, 0.717) is 18.8 Å². The average Bonchev–Trinajstić information content (AvgIpc) is 2.69. The predicted molar refractivity (Wildman–Crippen MR) is 149 cm³/mol. The number of benzene rings is 1. The van der Waals surface area contributed by atoms with Crippen LogP contribution in [-0.2, 0) is 19.1 Å². The Balaban J connectivity index is 3.22. The lowest BCUT2D eigenvalue weighted by Gasteiger charge is -2.34. The minimum absolute atomic E-state index is 0.0129. The second-order valence-corrected chi connectivity index (χ2v) is 11.8. The second kappa shape index (κ2) is 14.4. The van der Waals surface area contributed by atoms with Gasteiger partial charge < -0.3 is 19.5 Å². The highest BCUT2D eigenvalue weighted by molar-refractivity contribution is 14.1.